The van der Waals surface area contributed by atoms with Gasteiger partial charge in [-0.05, 0) is 18.1 Å². The summed E-state index contributed by atoms with van der Waals surface area (Å²) in [5.74, 6) is 0.382. The van der Waals surface area contributed by atoms with Crippen molar-refractivity contribution < 1.29 is 17.9 Å². The van der Waals surface area contributed by atoms with E-state index in [1.54, 1.807) is 7.11 Å². The molecule has 0 aromatic heterocycles. The fourth-order valence-corrected chi connectivity index (χ4v) is 1.74. The van der Waals surface area contributed by atoms with Gasteiger partial charge < -0.3 is 15.4 Å². The molecular formula is C15H23F3IN3O. The minimum atomic E-state index is -4.17. The molecule has 132 valence electrons. The summed E-state index contributed by atoms with van der Waals surface area (Å²) in [4.78, 5) is 4.27. The third-order valence-corrected chi connectivity index (χ3v) is 2.80. The van der Waals surface area contributed by atoms with Crippen molar-refractivity contribution in [2.45, 2.75) is 32.7 Å². The Morgan fingerprint density at radius 2 is 1.74 bits per heavy atom. The van der Waals surface area contributed by atoms with Gasteiger partial charge in [0.2, 0.25) is 0 Å². The van der Waals surface area contributed by atoms with Crippen LogP contribution in [0, 0.1) is 0 Å². The summed E-state index contributed by atoms with van der Waals surface area (Å²) in [5.41, 5.74) is 2.04. The van der Waals surface area contributed by atoms with Crippen LogP contribution in [0.5, 0.6) is 0 Å². The molecule has 2 N–H and O–H groups in total. The van der Waals surface area contributed by atoms with Gasteiger partial charge in [0, 0.05) is 20.2 Å². The zero-order chi connectivity index (χ0) is 16.4. The lowest BCUT2D eigenvalue weighted by Gasteiger charge is -2.12. The van der Waals surface area contributed by atoms with Crippen molar-refractivity contribution in [3.8, 4) is 0 Å². The monoisotopic (exact) mass is 445 g/mol. The van der Waals surface area contributed by atoms with E-state index in [9.17, 15) is 13.2 Å². The Kier molecular flexibility index (Phi) is 11.0. The molecule has 0 radical (unpaired) electrons. The van der Waals surface area contributed by atoms with E-state index in [4.69, 9.17) is 4.74 Å². The molecule has 4 nitrogen and oxygen atoms in total. The van der Waals surface area contributed by atoms with Crippen LogP contribution in [0.1, 0.15) is 24.5 Å². The fraction of sp³-hybridized carbons (Fsp3) is 0.533. The number of nitrogens with zero attached hydrogens (tertiary/aromatic N) is 1. The molecule has 1 aromatic carbocycles. The highest BCUT2D eigenvalue weighted by molar-refractivity contribution is 14.0. The Bertz CT molecular complexity index is 464. The van der Waals surface area contributed by atoms with Gasteiger partial charge in [-0.1, -0.05) is 24.3 Å². The highest BCUT2D eigenvalue weighted by atomic mass is 127. The van der Waals surface area contributed by atoms with Crippen LogP contribution in [0.3, 0.4) is 0 Å². The molecule has 0 saturated carbocycles. The molecule has 0 heterocycles. The molecule has 8 heteroatoms. The summed E-state index contributed by atoms with van der Waals surface area (Å²) >= 11 is 0. The molecule has 0 aliphatic heterocycles. The minimum Gasteiger partial charge on any atom is -0.380 e. The molecule has 0 amide bonds. The van der Waals surface area contributed by atoms with E-state index in [0.29, 0.717) is 25.7 Å². The van der Waals surface area contributed by atoms with Crippen LogP contribution in [0.4, 0.5) is 13.2 Å². The van der Waals surface area contributed by atoms with Gasteiger partial charge in [0.25, 0.3) is 0 Å². The van der Waals surface area contributed by atoms with Crippen LogP contribution in [0.25, 0.3) is 0 Å². The van der Waals surface area contributed by atoms with Gasteiger partial charge in [0.15, 0.2) is 5.96 Å². The van der Waals surface area contributed by atoms with E-state index in [1.807, 2.05) is 31.2 Å². The fourth-order valence-electron chi connectivity index (χ4n) is 1.74. The molecule has 0 fully saturated rings. The van der Waals surface area contributed by atoms with Crippen molar-refractivity contribution in [2.75, 3.05) is 20.2 Å². The average Bonchev–Trinajstić information content (AvgIpc) is 2.45. The number of benzene rings is 1. The van der Waals surface area contributed by atoms with Gasteiger partial charge >= 0.3 is 6.18 Å². The Hall–Kier alpha value is -1.03. The van der Waals surface area contributed by atoms with Crippen molar-refractivity contribution in [1.29, 1.82) is 0 Å². The second-order valence-electron chi connectivity index (χ2n) is 4.74. The second kappa shape index (κ2) is 11.5. The van der Waals surface area contributed by atoms with Crippen LogP contribution in [0.15, 0.2) is 29.3 Å². The van der Waals surface area contributed by atoms with Crippen molar-refractivity contribution in [1.82, 2.24) is 10.6 Å². The molecule has 1 rings (SSSR count). The normalized spacial score (nSPS) is 11.8. The molecule has 0 unspecified atom stereocenters. The first kappa shape index (κ1) is 22.0. The maximum Gasteiger partial charge on any atom is 0.390 e. The zero-order valence-electron chi connectivity index (χ0n) is 13.2. The number of methoxy groups -OCH3 is 1. The summed E-state index contributed by atoms with van der Waals surface area (Å²) in [6, 6.07) is 7.74. The van der Waals surface area contributed by atoms with E-state index in [-0.39, 0.29) is 30.5 Å². The predicted octanol–water partition coefficient (Wildman–Crippen LogP) is 3.46. The van der Waals surface area contributed by atoms with Crippen molar-refractivity contribution in [3.05, 3.63) is 35.4 Å². The third kappa shape index (κ3) is 10.4. The zero-order valence-corrected chi connectivity index (χ0v) is 15.6. The van der Waals surface area contributed by atoms with Crippen molar-refractivity contribution in [3.63, 3.8) is 0 Å². The number of hydrogen-bond acceptors (Lipinski definition) is 2. The van der Waals surface area contributed by atoms with Crippen LogP contribution >= 0.6 is 24.0 Å². The average molecular weight is 445 g/mol. The quantitative estimate of drug-likeness (QED) is 0.384. The summed E-state index contributed by atoms with van der Waals surface area (Å²) in [5, 5.41) is 5.60. The summed E-state index contributed by atoms with van der Waals surface area (Å²) in [7, 11) is 1.63. The molecule has 1 aromatic rings. The van der Waals surface area contributed by atoms with Crippen molar-refractivity contribution >= 4 is 29.9 Å². The highest BCUT2D eigenvalue weighted by Gasteiger charge is 2.26. The molecular weight excluding hydrogens is 422 g/mol. The first-order valence-corrected chi connectivity index (χ1v) is 7.10. The molecule has 0 spiro atoms. The highest BCUT2D eigenvalue weighted by Crippen LogP contribution is 2.18. The first-order chi connectivity index (χ1) is 10.4. The molecule has 0 bridgehead atoms. The van der Waals surface area contributed by atoms with Gasteiger partial charge in [-0.25, -0.2) is 4.99 Å². The lowest BCUT2D eigenvalue weighted by Crippen LogP contribution is -2.38. The summed E-state index contributed by atoms with van der Waals surface area (Å²) in [6.45, 7) is 3.20. The van der Waals surface area contributed by atoms with Crippen LogP contribution < -0.4 is 10.6 Å². The van der Waals surface area contributed by atoms with Gasteiger partial charge in [0.1, 0.15) is 0 Å². The number of halogens is 4. The number of aliphatic imine (C=N–C) groups is 1. The Labute approximate surface area is 151 Å². The van der Waals surface area contributed by atoms with Crippen molar-refractivity contribution in [2.24, 2.45) is 4.99 Å². The Morgan fingerprint density at radius 1 is 1.13 bits per heavy atom. The number of guanidine groups is 1. The maximum absolute atomic E-state index is 12.1. The van der Waals surface area contributed by atoms with Gasteiger partial charge in [-0.15, -0.1) is 24.0 Å². The standard InChI is InChI=1S/C15H22F3N3O.HI/c1-3-19-14(20-9-8-15(16,17)18)21-10-12-4-6-13(7-5-12)11-22-2;/h4-7H,3,8-11H2,1-2H3,(H2,19,20,21);1H. The van der Waals surface area contributed by atoms with E-state index in [0.717, 1.165) is 11.1 Å². The Morgan fingerprint density at radius 3 is 2.26 bits per heavy atom. The Balaban J connectivity index is 0.00000484. The van der Waals surface area contributed by atoms with Gasteiger partial charge in [-0.2, -0.15) is 13.2 Å². The second-order valence-corrected chi connectivity index (χ2v) is 4.74. The number of alkyl halides is 3. The minimum absolute atomic E-state index is 0. The topological polar surface area (TPSA) is 45.7 Å². The lowest BCUT2D eigenvalue weighted by atomic mass is 10.1. The van der Waals surface area contributed by atoms with E-state index >= 15 is 0 Å². The van der Waals surface area contributed by atoms with E-state index in [2.05, 4.69) is 15.6 Å². The lowest BCUT2D eigenvalue weighted by molar-refractivity contribution is -0.132. The number of rotatable bonds is 7. The maximum atomic E-state index is 12.1. The number of ether oxygens (including phenoxy) is 1. The number of nitrogens with one attached hydrogen (secondary N) is 2. The first-order valence-electron chi connectivity index (χ1n) is 7.10. The molecule has 0 aliphatic carbocycles. The summed E-state index contributed by atoms with van der Waals surface area (Å²) in [6.07, 6.45) is -5.05. The van der Waals surface area contributed by atoms with Gasteiger partial charge in [-0.3, -0.25) is 0 Å². The molecule has 0 atom stereocenters. The molecule has 23 heavy (non-hydrogen) atoms. The van der Waals surface area contributed by atoms with Gasteiger partial charge in [0.05, 0.1) is 19.6 Å². The predicted molar refractivity (Wildman–Crippen MR) is 96.1 cm³/mol. The molecule has 0 saturated heterocycles. The van der Waals surface area contributed by atoms with E-state index in [1.165, 1.54) is 0 Å². The largest absolute Gasteiger partial charge is 0.390 e. The van der Waals surface area contributed by atoms with Crippen LogP contribution in [0.2, 0.25) is 0 Å². The SMILES string of the molecule is CCNC(=NCc1ccc(COC)cc1)NCCC(F)(F)F.I. The smallest absolute Gasteiger partial charge is 0.380 e. The van der Waals surface area contributed by atoms with E-state index < -0.39 is 12.6 Å². The summed E-state index contributed by atoms with van der Waals surface area (Å²) < 4.78 is 41.4. The van der Waals surface area contributed by atoms with Crippen LogP contribution in [-0.2, 0) is 17.9 Å². The van der Waals surface area contributed by atoms with Crippen LogP contribution in [-0.4, -0.2) is 32.3 Å². The molecule has 0 aliphatic rings. The number of hydrogen-bond donors (Lipinski definition) is 2. The third-order valence-electron chi connectivity index (χ3n) is 2.80.